The van der Waals surface area contributed by atoms with Crippen molar-refractivity contribution in [3.8, 4) is 22.6 Å². The van der Waals surface area contributed by atoms with Gasteiger partial charge in [-0.05, 0) is 36.6 Å². The maximum Gasteiger partial charge on any atom is 0.315 e. The standard InChI is InChI=1S/C19H24O2SSi/c1-6-7-8-19-15-17(12-14-23(3,4)5)9-10-18(19)11-13-22-21-16(2)20/h9-10,15H,6-8H2,1-5H3. The van der Waals surface area contributed by atoms with Crippen LogP contribution in [0.5, 0.6) is 0 Å². The van der Waals surface area contributed by atoms with Crippen molar-refractivity contribution in [1.29, 1.82) is 0 Å². The molecule has 0 aromatic heterocycles. The summed E-state index contributed by atoms with van der Waals surface area (Å²) in [7, 11) is -1.37. The van der Waals surface area contributed by atoms with Crippen LogP contribution in [0.3, 0.4) is 0 Å². The molecular weight excluding hydrogens is 320 g/mol. The average molecular weight is 345 g/mol. The van der Waals surface area contributed by atoms with Gasteiger partial charge >= 0.3 is 5.97 Å². The number of hydrogen-bond donors (Lipinski definition) is 0. The summed E-state index contributed by atoms with van der Waals surface area (Å²) in [5, 5.41) is 2.82. The molecule has 0 fully saturated rings. The Morgan fingerprint density at radius 3 is 2.61 bits per heavy atom. The minimum Gasteiger partial charge on any atom is -0.378 e. The van der Waals surface area contributed by atoms with Gasteiger partial charge in [0.2, 0.25) is 0 Å². The fraction of sp³-hybridized carbons (Fsp3) is 0.421. The third-order valence-electron chi connectivity index (χ3n) is 2.87. The van der Waals surface area contributed by atoms with Crippen molar-refractivity contribution < 1.29 is 8.98 Å². The molecule has 0 aliphatic carbocycles. The molecule has 0 bridgehead atoms. The Morgan fingerprint density at radius 2 is 2.00 bits per heavy atom. The quantitative estimate of drug-likeness (QED) is 0.447. The molecule has 0 radical (unpaired) electrons. The number of carbonyl (C=O) groups excluding carboxylic acids is 1. The van der Waals surface area contributed by atoms with Gasteiger partial charge in [0, 0.05) is 23.3 Å². The van der Waals surface area contributed by atoms with Crippen LogP contribution in [-0.4, -0.2) is 14.0 Å². The number of carbonyl (C=O) groups is 1. The first kappa shape index (κ1) is 19.4. The lowest BCUT2D eigenvalue weighted by Gasteiger charge is -2.06. The SMILES string of the molecule is CCCCc1cc(C#C[Si](C)(C)C)ccc1C#CSOC(C)=O. The van der Waals surface area contributed by atoms with Crippen molar-refractivity contribution >= 4 is 26.1 Å². The highest BCUT2D eigenvalue weighted by molar-refractivity contribution is 7.99. The van der Waals surface area contributed by atoms with E-state index in [0.29, 0.717) is 0 Å². The van der Waals surface area contributed by atoms with Crippen molar-refractivity contribution in [2.24, 2.45) is 0 Å². The van der Waals surface area contributed by atoms with Crippen molar-refractivity contribution in [3.63, 3.8) is 0 Å². The first-order valence-corrected chi connectivity index (χ1v) is 12.1. The first-order chi connectivity index (χ1) is 10.8. The fourth-order valence-corrected chi connectivity index (χ4v) is 2.61. The molecule has 4 heteroatoms. The van der Waals surface area contributed by atoms with E-state index in [4.69, 9.17) is 4.18 Å². The molecule has 0 aliphatic rings. The highest BCUT2D eigenvalue weighted by Crippen LogP contribution is 2.15. The van der Waals surface area contributed by atoms with E-state index >= 15 is 0 Å². The minimum absolute atomic E-state index is 0.340. The van der Waals surface area contributed by atoms with Gasteiger partial charge < -0.3 is 4.18 Å². The molecule has 23 heavy (non-hydrogen) atoms. The summed E-state index contributed by atoms with van der Waals surface area (Å²) in [6.45, 7) is 10.3. The first-order valence-electron chi connectivity index (χ1n) is 7.83. The molecule has 0 atom stereocenters. The van der Waals surface area contributed by atoms with Gasteiger partial charge in [-0.15, -0.1) is 5.54 Å². The molecule has 1 aromatic rings. The van der Waals surface area contributed by atoms with Crippen LogP contribution in [0.1, 0.15) is 43.4 Å². The monoisotopic (exact) mass is 344 g/mol. The van der Waals surface area contributed by atoms with E-state index in [-0.39, 0.29) is 5.97 Å². The smallest absolute Gasteiger partial charge is 0.315 e. The Hall–Kier alpha value is -1.62. The number of hydrogen-bond acceptors (Lipinski definition) is 3. The summed E-state index contributed by atoms with van der Waals surface area (Å²) in [6, 6.07) is 6.17. The summed E-state index contributed by atoms with van der Waals surface area (Å²) in [4.78, 5) is 10.7. The third-order valence-corrected chi connectivity index (χ3v) is 4.25. The van der Waals surface area contributed by atoms with Crippen LogP contribution in [0.25, 0.3) is 0 Å². The van der Waals surface area contributed by atoms with Crippen molar-refractivity contribution in [2.75, 3.05) is 0 Å². The molecular formula is C19H24O2SSi. The zero-order valence-electron chi connectivity index (χ0n) is 14.6. The van der Waals surface area contributed by atoms with Crippen LogP contribution < -0.4 is 0 Å². The molecule has 0 saturated heterocycles. The summed E-state index contributed by atoms with van der Waals surface area (Å²) >= 11 is 0.873. The second-order valence-corrected chi connectivity index (χ2v) is 11.6. The molecule has 0 N–H and O–H groups in total. The van der Waals surface area contributed by atoms with Crippen molar-refractivity contribution in [2.45, 2.75) is 52.8 Å². The Labute approximate surface area is 145 Å². The molecule has 0 unspecified atom stereocenters. The maximum absolute atomic E-state index is 10.7. The van der Waals surface area contributed by atoms with E-state index in [1.54, 1.807) is 0 Å². The largest absolute Gasteiger partial charge is 0.378 e. The predicted molar refractivity (Wildman–Crippen MR) is 102 cm³/mol. The Morgan fingerprint density at radius 1 is 1.26 bits per heavy atom. The Kier molecular flexibility index (Phi) is 8.02. The summed E-state index contributed by atoms with van der Waals surface area (Å²) in [5.74, 6) is 6.03. The fourth-order valence-electron chi connectivity index (χ4n) is 1.78. The van der Waals surface area contributed by atoms with E-state index in [1.807, 2.05) is 12.1 Å². The second-order valence-electron chi connectivity index (χ2n) is 6.36. The number of unbranched alkanes of at least 4 members (excludes halogenated alkanes) is 1. The number of aryl methyl sites for hydroxylation is 1. The number of rotatable bonds is 4. The van der Waals surface area contributed by atoms with E-state index in [2.05, 4.69) is 55.3 Å². The highest BCUT2D eigenvalue weighted by atomic mass is 32.2. The van der Waals surface area contributed by atoms with Gasteiger partial charge in [-0.25, -0.2) is 0 Å². The van der Waals surface area contributed by atoms with Gasteiger partial charge in [-0.2, -0.15) is 0 Å². The van der Waals surface area contributed by atoms with Crippen molar-refractivity contribution in [1.82, 2.24) is 0 Å². The van der Waals surface area contributed by atoms with E-state index in [0.717, 1.165) is 42.4 Å². The van der Waals surface area contributed by atoms with Crippen molar-refractivity contribution in [3.05, 3.63) is 34.9 Å². The molecule has 0 saturated carbocycles. The van der Waals surface area contributed by atoms with Crippen LogP contribution in [0, 0.1) is 22.6 Å². The van der Waals surface area contributed by atoms with Crippen LogP contribution in [0.15, 0.2) is 18.2 Å². The summed E-state index contributed by atoms with van der Waals surface area (Å²) in [6.07, 6.45) is 3.25. The number of benzene rings is 1. The summed E-state index contributed by atoms with van der Waals surface area (Å²) in [5.41, 5.74) is 6.65. The van der Waals surface area contributed by atoms with Gasteiger partial charge in [0.15, 0.2) is 0 Å². The Balaban J connectivity index is 3.00. The predicted octanol–water partition coefficient (Wildman–Crippen LogP) is 4.78. The van der Waals surface area contributed by atoms with Gasteiger partial charge in [0.1, 0.15) is 20.1 Å². The normalized spacial score (nSPS) is 10.1. The molecule has 0 spiro atoms. The Bertz CT molecular complexity index is 667. The van der Waals surface area contributed by atoms with Crippen LogP contribution in [-0.2, 0) is 15.4 Å². The molecule has 1 aromatic carbocycles. The molecule has 0 amide bonds. The zero-order chi connectivity index (χ0) is 17.3. The molecule has 1 rings (SSSR count). The van der Waals surface area contributed by atoms with Gasteiger partial charge in [-0.1, -0.05) is 44.8 Å². The highest BCUT2D eigenvalue weighted by Gasteiger charge is 2.08. The second kappa shape index (κ2) is 9.50. The van der Waals surface area contributed by atoms with Gasteiger partial charge in [0.25, 0.3) is 0 Å². The maximum atomic E-state index is 10.7. The molecule has 122 valence electrons. The summed E-state index contributed by atoms with van der Waals surface area (Å²) < 4.78 is 4.77. The van der Waals surface area contributed by atoms with Crippen LogP contribution in [0.2, 0.25) is 19.6 Å². The lowest BCUT2D eigenvalue weighted by Crippen LogP contribution is -2.16. The van der Waals surface area contributed by atoms with E-state index < -0.39 is 8.07 Å². The zero-order valence-corrected chi connectivity index (χ0v) is 16.4. The minimum atomic E-state index is -1.37. The van der Waals surface area contributed by atoms with E-state index in [1.165, 1.54) is 12.5 Å². The van der Waals surface area contributed by atoms with Crippen LogP contribution >= 0.6 is 12.0 Å². The molecule has 2 nitrogen and oxygen atoms in total. The van der Waals surface area contributed by atoms with Crippen LogP contribution in [0.4, 0.5) is 0 Å². The van der Waals surface area contributed by atoms with Gasteiger partial charge in [-0.3, -0.25) is 4.79 Å². The third kappa shape index (κ3) is 8.55. The van der Waals surface area contributed by atoms with Gasteiger partial charge in [0.05, 0.1) is 0 Å². The molecule has 0 heterocycles. The molecule has 0 aliphatic heterocycles. The topological polar surface area (TPSA) is 26.3 Å². The van der Waals surface area contributed by atoms with E-state index in [9.17, 15) is 4.79 Å². The average Bonchev–Trinajstić information content (AvgIpc) is 2.47. The lowest BCUT2D eigenvalue weighted by molar-refractivity contribution is -0.130. The lowest BCUT2D eigenvalue weighted by atomic mass is 10.00.